The van der Waals surface area contributed by atoms with Crippen molar-refractivity contribution in [1.29, 1.82) is 0 Å². The second-order valence-electron chi connectivity index (χ2n) is 4.57. The van der Waals surface area contributed by atoms with Crippen LogP contribution in [0.15, 0.2) is 36.4 Å². The average molecular weight is 286 g/mol. The molecule has 0 unspecified atom stereocenters. The van der Waals surface area contributed by atoms with E-state index < -0.39 is 5.97 Å². The fourth-order valence-electron chi connectivity index (χ4n) is 2.05. The molecule has 0 saturated carbocycles. The van der Waals surface area contributed by atoms with Gasteiger partial charge in [0, 0.05) is 11.4 Å². The number of hydrogen-bond donors (Lipinski definition) is 2. The monoisotopic (exact) mass is 286 g/mol. The average Bonchev–Trinajstić information content (AvgIpc) is 2.50. The Bertz CT molecular complexity index is 669. The van der Waals surface area contributed by atoms with Crippen LogP contribution in [0.1, 0.15) is 15.9 Å². The van der Waals surface area contributed by atoms with Gasteiger partial charge in [-0.05, 0) is 36.8 Å². The van der Waals surface area contributed by atoms with Crippen LogP contribution in [0.25, 0.3) is 0 Å². The molecule has 21 heavy (non-hydrogen) atoms. The summed E-state index contributed by atoms with van der Waals surface area (Å²) in [6.45, 7) is 1.84. The van der Waals surface area contributed by atoms with Gasteiger partial charge in [-0.25, -0.2) is 4.79 Å². The summed E-state index contributed by atoms with van der Waals surface area (Å²) in [6.07, 6.45) is 0. The second kappa shape index (κ2) is 6.17. The molecule has 2 aromatic rings. The first kappa shape index (κ1) is 14.7. The lowest BCUT2D eigenvalue weighted by Crippen LogP contribution is -2.08. The first-order valence-corrected chi connectivity index (χ1v) is 6.45. The fourth-order valence-corrected chi connectivity index (χ4v) is 2.05. The van der Waals surface area contributed by atoms with E-state index in [-0.39, 0.29) is 0 Å². The number of carbonyl (C=O) groups is 1. The number of rotatable bonds is 4. The minimum absolute atomic E-state index is 0.342. The Balaban J connectivity index is 2.41. The largest absolute Gasteiger partial charge is 0.495 e. The van der Waals surface area contributed by atoms with Gasteiger partial charge in [0.15, 0.2) is 0 Å². The number of nitrogens with two attached hydrogens (primary N) is 1. The molecule has 0 aromatic heterocycles. The number of para-hydroxylation sites is 2. The van der Waals surface area contributed by atoms with Gasteiger partial charge in [-0.1, -0.05) is 12.1 Å². The van der Waals surface area contributed by atoms with Crippen LogP contribution in [-0.2, 0) is 4.74 Å². The van der Waals surface area contributed by atoms with E-state index in [2.05, 4.69) is 5.32 Å². The number of ether oxygens (including phenoxy) is 2. The maximum absolute atomic E-state index is 11.8. The molecule has 0 radical (unpaired) electrons. The minimum Gasteiger partial charge on any atom is -0.495 e. The standard InChI is InChI=1S/C16H18N2O3/c1-10-8-11(9-12(15(10)17)16(19)21-3)18-13-6-4-5-7-14(13)20-2/h4-9,18H,17H2,1-3H3. The first-order valence-electron chi connectivity index (χ1n) is 6.45. The highest BCUT2D eigenvalue weighted by molar-refractivity contribution is 5.97. The van der Waals surface area contributed by atoms with Crippen LogP contribution in [0.3, 0.4) is 0 Å². The highest BCUT2D eigenvalue weighted by Gasteiger charge is 2.14. The SMILES string of the molecule is COC(=O)c1cc(Nc2ccccc2OC)cc(C)c1N. The molecule has 0 amide bonds. The van der Waals surface area contributed by atoms with Gasteiger partial charge >= 0.3 is 5.97 Å². The van der Waals surface area contributed by atoms with Crippen molar-refractivity contribution >= 4 is 23.0 Å². The lowest BCUT2D eigenvalue weighted by atomic mass is 10.1. The van der Waals surface area contributed by atoms with Crippen molar-refractivity contribution in [3.05, 3.63) is 47.5 Å². The maximum atomic E-state index is 11.8. The summed E-state index contributed by atoms with van der Waals surface area (Å²) in [7, 11) is 2.94. The van der Waals surface area contributed by atoms with E-state index in [0.29, 0.717) is 17.0 Å². The summed E-state index contributed by atoms with van der Waals surface area (Å²) in [5, 5.41) is 3.22. The quantitative estimate of drug-likeness (QED) is 0.667. The molecular weight excluding hydrogens is 268 g/mol. The topological polar surface area (TPSA) is 73.6 Å². The van der Waals surface area contributed by atoms with Gasteiger partial charge in [0.1, 0.15) is 5.75 Å². The van der Waals surface area contributed by atoms with E-state index in [0.717, 1.165) is 16.9 Å². The Hall–Kier alpha value is -2.69. The summed E-state index contributed by atoms with van der Waals surface area (Å²) in [5.74, 6) is 0.255. The summed E-state index contributed by atoms with van der Waals surface area (Å²) >= 11 is 0. The van der Waals surface area contributed by atoms with Crippen LogP contribution in [-0.4, -0.2) is 20.2 Å². The van der Waals surface area contributed by atoms with Crippen molar-refractivity contribution in [2.45, 2.75) is 6.92 Å². The number of methoxy groups -OCH3 is 2. The van der Waals surface area contributed by atoms with Crippen molar-refractivity contribution in [2.24, 2.45) is 0 Å². The third-order valence-electron chi connectivity index (χ3n) is 3.18. The van der Waals surface area contributed by atoms with Gasteiger partial charge in [-0.2, -0.15) is 0 Å². The van der Waals surface area contributed by atoms with Gasteiger partial charge in [-0.3, -0.25) is 0 Å². The molecule has 5 nitrogen and oxygen atoms in total. The molecular formula is C16H18N2O3. The fraction of sp³-hybridized carbons (Fsp3) is 0.188. The van der Waals surface area contributed by atoms with Gasteiger partial charge in [0.05, 0.1) is 25.5 Å². The summed E-state index contributed by atoms with van der Waals surface area (Å²) < 4.78 is 10.0. The Morgan fingerprint density at radius 3 is 2.57 bits per heavy atom. The third-order valence-corrected chi connectivity index (χ3v) is 3.18. The van der Waals surface area contributed by atoms with Crippen molar-refractivity contribution < 1.29 is 14.3 Å². The number of anilines is 3. The Labute approximate surface area is 123 Å². The predicted octanol–water partition coefficient (Wildman–Crippen LogP) is 3.12. The molecule has 110 valence electrons. The zero-order valence-electron chi connectivity index (χ0n) is 12.3. The number of nitrogens with one attached hydrogen (secondary N) is 1. The van der Waals surface area contributed by atoms with E-state index in [9.17, 15) is 4.79 Å². The highest BCUT2D eigenvalue weighted by Crippen LogP contribution is 2.30. The van der Waals surface area contributed by atoms with Gasteiger partial charge < -0.3 is 20.5 Å². The number of esters is 1. The van der Waals surface area contributed by atoms with E-state index in [1.807, 2.05) is 37.3 Å². The van der Waals surface area contributed by atoms with Crippen LogP contribution in [0.4, 0.5) is 17.1 Å². The Morgan fingerprint density at radius 2 is 1.90 bits per heavy atom. The molecule has 0 aliphatic carbocycles. The van der Waals surface area contributed by atoms with Crippen molar-refractivity contribution in [1.82, 2.24) is 0 Å². The molecule has 2 aromatic carbocycles. The van der Waals surface area contributed by atoms with E-state index in [1.165, 1.54) is 7.11 Å². The van der Waals surface area contributed by atoms with Gasteiger partial charge in [0.2, 0.25) is 0 Å². The molecule has 0 fully saturated rings. The van der Waals surface area contributed by atoms with Crippen LogP contribution >= 0.6 is 0 Å². The van der Waals surface area contributed by atoms with E-state index in [1.54, 1.807) is 13.2 Å². The summed E-state index contributed by atoms with van der Waals surface area (Å²) in [5.41, 5.74) is 9.04. The molecule has 0 aliphatic heterocycles. The number of nitrogen functional groups attached to an aromatic ring is 1. The van der Waals surface area contributed by atoms with Crippen LogP contribution in [0, 0.1) is 6.92 Å². The number of benzene rings is 2. The van der Waals surface area contributed by atoms with Crippen LogP contribution < -0.4 is 15.8 Å². The normalized spacial score (nSPS) is 10.0. The summed E-state index contributed by atoms with van der Waals surface area (Å²) in [4.78, 5) is 11.8. The lowest BCUT2D eigenvalue weighted by Gasteiger charge is -2.14. The molecule has 0 heterocycles. The lowest BCUT2D eigenvalue weighted by molar-refractivity contribution is 0.0602. The summed E-state index contributed by atoms with van der Waals surface area (Å²) in [6, 6.07) is 11.1. The number of carbonyl (C=O) groups excluding carboxylic acids is 1. The van der Waals surface area contributed by atoms with Crippen molar-refractivity contribution in [3.63, 3.8) is 0 Å². The first-order chi connectivity index (χ1) is 10.1. The molecule has 5 heteroatoms. The molecule has 2 rings (SSSR count). The molecule has 0 aliphatic rings. The molecule has 0 bridgehead atoms. The highest BCUT2D eigenvalue weighted by atomic mass is 16.5. The van der Waals surface area contributed by atoms with Gasteiger partial charge in [0.25, 0.3) is 0 Å². The van der Waals surface area contributed by atoms with Crippen molar-refractivity contribution in [3.8, 4) is 5.75 Å². The van der Waals surface area contributed by atoms with Gasteiger partial charge in [-0.15, -0.1) is 0 Å². The molecule has 0 spiro atoms. The second-order valence-corrected chi connectivity index (χ2v) is 4.57. The maximum Gasteiger partial charge on any atom is 0.340 e. The zero-order valence-corrected chi connectivity index (χ0v) is 12.3. The van der Waals surface area contributed by atoms with E-state index in [4.69, 9.17) is 15.2 Å². The predicted molar refractivity (Wildman–Crippen MR) is 83.2 cm³/mol. The molecule has 0 atom stereocenters. The van der Waals surface area contributed by atoms with Crippen molar-refractivity contribution in [2.75, 3.05) is 25.3 Å². The number of aryl methyl sites for hydroxylation is 1. The smallest absolute Gasteiger partial charge is 0.340 e. The Kier molecular flexibility index (Phi) is 4.33. The van der Waals surface area contributed by atoms with E-state index >= 15 is 0 Å². The van der Waals surface area contributed by atoms with Crippen LogP contribution in [0.2, 0.25) is 0 Å². The molecule has 3 N–H and O–H groups in total. The third kappa shape index (κ3) is 3.08. The molecule has 0 saturated heterocycles. The van der Waals surface area contributed by atoms with Crippen LogP contribution in [0.5, 0.6) is 5.75 Å². The Morgan fingerprint density at radius 1 is 1.19 bits per heavy atom. The zero-order chi connectivity index (χ0) is 15.4. The number of hydrogen-bond acceptors (Lipinski definition) is 5. The minimum atomic E-state index is -0.459.